The molecule has 0 aromatic rings. The first-order chi connectivity index (χ1) is 15.4. The molecule has 4 aliphatic rings. The van der Waals surface area contributed by atoms with Crippen molar-refractivity contribution in [3.8, 4) is 0 Å². The molecule has 2 nitrogen and oxygen atoms in total. The van der Waals surface area contributed by atoms with Gasteiger partial charge < -0.3 is 11.5 Å². The first-order valence-electron chi connectivity index (χ1n) is 14.3. The van der Waals surface area contributed by atoms with E-state index in [0.29, 0.717) is 17.8 Å². The van der Waals surface area contributed by atoms with Gasteiger partial charge in [0.15, 0.2) is 0 Å². The first kappa shape index (κ1) is 25.5. The number of nitrogens with two attached hydrogens (primary N) is 2. The molecule has 0 saturated heterocycles. The Morgan fingerprint density at radius 3 is 2.42 bits per heavy atom. The summed E-state index contributed by atoms with van der Waals surface area (Å²) in [5, 5.41) is 0. The van der Waals surface area contributed by atoms with Crippen LogP contribution < -0.4 is 11.5 Å². The molecule has 33 heavy (non-hydrogen) atoms. The Labute approximate surface area is 205 Å². The largest absolute Gasteiger partial charge is 0.324 e. The van der Waals surface area contributed by atoms with E-state index in [4.69, 9.17) is 11.5 Å². The Morgan fingerprint density at radius 2 is 1.76 bits per heavy atom. The lowest BCUT2D eigenvalue weighted by molar-refractivity contribution is -0.0782. The molecule has 8 atom stereocenters. The number of hydrogen-bond donors (Lipinski definition) is 2. The van der Waals surface area contributed by atoms with E-state index in [2.05, 4.69) is 54.2 Å². The molecular formula is C31H54N2. The van der Waals surface area contributed by atoms with Gasteiger partial charge in [-0.2, -0.15) is 0 Å². The zero-order valence-corrected chi connectivity index (χ0v) is 22.8. The first-order valence-corrected chi connectivity index (χ1v) is 14.3. The maximum absolute atomic E-state index is 7.59. The van der Waals surface area contributed by atoms with Crippen molar-refractivity contribution in [2.24, 2.45) is 51.9 Å². The number of hydrogen-bond acceptors (Lipinski definition) is 2. The molecule has 4 N–H and O–H groups in total. The summed E-state index contributed by atoms with van der Waals surface area (Å²) in [5.74, 6) is 3.43. The Morgan fingerprint density at radius 1 is 1.03 bits per heavy atom. The van der Waals surface area contributed by atoms with E-state index in [1.165, 1.54) is 76.2 Å². The highest BCUT2D eigenvalue weighted by molar-refractivity contribution is 5.33. The van der Waals surface area contributed by atoms with Crippen LogP contribution in [0.15, 0.2) is 23.8 Å². The van der Waals surface area contributed by atoms with Gasteiger partial charge in [0.05, 0.1) is 0 Å². The minimum Gasteiger partial charge on any atom is -0.324 e. The maximum Gasteiger partial charge on any atom is 0.0281 e. The van der Waals surface area contributed by atoms with Crippen molar-refractivity contribution >= 4 is 0 Å². The maximum atomic E-state index is 7.59. The monoisotopic (exact) mass is 454 g/mol. The molecule has 3 saturated carbocycles. The van der Waals surface area contributed by atoms with E-state index in [0.717, 1.165) is 18.3 Å². The molecule has 0 spiro atoms. The van der Waals surface area contributed by atoms with Crippen molar-refractivity contribution in [1.29, 1.82) is 0 Å². The molecule has 4 unspecified atom stereocenters. The third-order valence-electron chi connectivity index (χ3n) is 11.8. The summed E-state index contributed by atoms with van der Waals surface area (Å²) < 4.78 is 0. The Hall–Kier alpha value is -0.600. The summed E-state index contributed by atoms with van der Waals surface area (Å²) >= 11 is 0. The fourth-order valence-electron chi connectivity index (χ4n) is 9.44. The van der Waals surface area contributed by atoms with E-state index in [9.17, 15) is 0 Å². The van der Waals surface area contributed by atoms with Gasteiger partial charge in [-0.3, -0.25) is 0 Å². The molecule has 0 bridgehead atoms. The highest BCUT2D eigenvalue weighted by Gasteiger charge is 2.67. The van der Waals surface area contributed by atoms with Crippen LogP contribution in [-0.2, 0) is 0 Å². The van der Waals surface area contributed by atoms with Crippen LogP contribution in [0.3, 0.4) is 0 Å². The van der Waals surface area contributed by atoms with Gasteiger partial charge in [-0.05, 0) is 106 Å². The zero-order valence-electron chi connectivity index (χ0n) is 22.8. The normalized spacial score (nSPS) is 45.7. The van der Waals surface area contributed by atoms with E-state index < -0.39 is 0 Å². The van der Waals surface area contributed by atoms with Crippen LogP contribution in [0.25, 0.3) is 0 Å². The summed E-state index contributed by atoms with van der Waals surface area (Å²) in [4.78, 5) is 0. The van der Waals surface area contributed by atoms with Crippen LogP contribution in [0.5, 0.6) is 0 Å². The fourth-order valence-corrected chi connectivity index (χ4v) is 9.44. The van der Waals surface area contributed by atoms with Crippen LogP contribution in [0, 0.1) is 40.4 Å². The van der Waals surface area contributed by atoms with Gasteiger partial charge >= 0.3 is 0 Å². The van der Waals surface area contributed by atoms with Crippen molar-refractivity contribution in [3.05, 3.63) is 23.8 Å². The van der Waals surface area contributed by atoms with Gasteiger partial charge in [-0.1, -0.05) is 64.7 Å². The molecule has 0 aromatic carbocycles. The van der Waals surface area contributed by atoms with Crippen molar-refractivity contribution in [2.75, 3.05) is 0 Å². The summed E-state index contributed by atoms with van der Waals surface area (Å²) in [6.07, 6.45) is 17.6. The molecule has 3 fully saturated rings. The van der Waals surface area contributed by atoms with Crippen molar-refractivity contribution in [1.82, 2.24) is 0 Å². The molecular weight excluding hydrogens is 400 g/mol. The second-order valence-electron chi connectivity index (χ2n) is 14.0. The van der Waals surface area contributed by atoms with Gasteiger partial charge in [0, 0.05) is 16.5 Å². The van der Waals surface area contributed by atoms with E-state index in [-0.39, 0.29) is 21.9 Å². The number of fused-ring (bicyclic) bond motifs is 5. The Kier molecular flexibility index (Phi) is 6.80. The molecule has 0 aromatic heterocycles. The van der Waals surface area contributed by atoms with Crippen molar-refractivity contribution < 1.29 is 0 Å². The standard InChI is InChI=1S/C31H54N2/c1-21(2)9-8-10-23(5)30(32)16-14-26-27-12-11-25-20-24(19-22(3)4)13-15-28(25,6)31(27,33)18-17-29(26,30)7/h11,21,23-24,26-27H,3,8-10,12-20,32-33H2,1-2,4-7H3/t23-,24?,26+,27?,28?,29?,30+,31-/m1/s1. The highest BCUT2D eigenvalue weighted by Crippen LogP contribution is 2.69. The Balaban J connectivity index is 1.56. The smallest absolute Gasteiger partial charge is 0.0281 e. The topological polar surface area (TPSA) is 52.0 Å². The molecule has 0 radical (unpaired) electrons. The Bertz CT molecular complexity index is 782. The molecule has 4 aliphatic carbocycles. The quantitative estimate of drug-likeness (QED) is 0.386. The summed E-state index contributed by atoms with van der Waals surface area (Å²) in [7, 11) is 0. The van der Waals surface area contributed by atoms with E-state index in [1.54, 1.807) is 5.57 Å². The second-order valence-corrected chi connectivity index (χ2v) is 14.0. The average molecular weight is 455 g/mol. The van der Waals surface area contributed by atoms with Crippen LogP contribution in [-0.4, -0.2) is 11.1 Å². The SMILES string of the molecule is C=C(C)CC1CCC2(C)C(=CCC3[C@@H]4CC[C@](N)([C@H](C)CCCC(C)C)C4(C)CC[C@@]32N)C1. The van der Waals surface area contributed by atoms with Gasteiger partial charge in [-0.15, -0.1) is 6.58 Å². The highest BCUT2D eigenvalue weighted by atomic mass is 14.9. The van der Waals surface area contributed by atoms with E-state index in [1.807, 2.05) is 0 Å². The summed E-state index contributed by atoms with van der Waals surface area (Å²) in [6, 6.07) is 0. The van der Waals surface area contributed by atoms with Gasteiger partial charge in [-0.25, -0.2) is 0 Å². The fraction of sp³-hybridized carbons (Fsp3) is 0.871. The minimum absolute atomic E-state index is 0.0278. The molecule has 4 rings (SSSR count). The molecule has 0 aliphatic heterocycles. The van der Waals surface area contributed by atoms with Crippen LogP contribution in [0.2, 0.25) is 0 Å². The van der Waals surface area contributed by atoms with Crippen LogP contribution in [0.1, 0.15) is 119 Å². The lowest BCUT2D eigenvalue weighted by Crippen LogP contribution is -2.70. The van der Waals surface area contributed by atoms with Crippen LogP contribution in [0.4, 0.5) is 0 Å². The molecule has 2 heteroatoms. The number of rotatable bonds is 7. The number of allylic oxidation sites excluding steroid dienone is 2. The third-order valence-corrected chi connectivity index (χ3v) is 11.8. The van der Waals surface area contributed by atoms with Crippen molar-refractivity contribution in [3.63, 3.8) is 0 Å². The summed E-state index contributed by atoms with van der Waals surface area (Å²) in [6.45, 7) is 18.6. The zero-order chi connectivity index (χ0) is 24.2. The minimum atomic E-state index is -0.0540. The predicted octanol–water partition coefficient (Wildman–Crippen LogP) is 7.77. The van der Waals surface area contributed by atoms with Gasteiger partial charge in [0.1, 0.15) is 0 Å². The second kappa shape index (κ2) is 8.81. The van der Waals surface area contributed by atoms with Crippen LogP contribution >= 0.6 is 0 Å². The predicted molar refractivity (Wildman–Crippen MR) is 143 cm³/mol. The molecule has 0 heterocycles. The molecule has 0 amide bonds. The van der Waals surface area contributed by atoms with E-state index >= 15 is 0 Å². The van der Waals surface area contributed by atoms with Gasteiger partial charge in [0.2, 0.25) is 0 Å². The van der Waals surface area contributed by atoms with Gasteiger partial charge in [0.25, 0.3) is 0 Å². The lowest BCUT2D eigenvalue weighted by Gasteiger charge is -2.65. The average Bonchev–Trinajstić information content (AvgIpc) is 3.01. The third kappa shape index (κ3) is 3.90. The molecule has 188 valence electrons. The van der Waals surface area contributed by atoms with Crippen molar-refractivity contribution in [2.45, 2.75) is 130 Å². The lowest BCUT2D eigenvalue weighted by atomic mass is 9.42. The summed E-state index contributed by atoms with van der Waals surface area (Å²) in [5.41, 5.74) is 18.4.